The van der Waals surface area contributed by atoms with E-state index in [2.05, 4.69) is 69.0 Å². The first kappa shape index (κ1) is 22.9. The number of rotatable bonds is 0. The minimum Gasteiger partial charge on any atom is -0.335 e. The Labute approximate surface area is 230 Å². The van der Waals surface area contributed by atoms with Crippen molar-refractivity contribution in [2.45, 2.75) is 101 Å². The first-order valence-corrected chi connectivity index (χ1v) is 15.1. The summed E-state index contributed by atoms with van der Waals surface area (Å²) >= 11 is 0. The van der Waals surface area contributed by atoms with Gasteiger partial charge in [-0.25, -0.2) is 8.78 Å². The molecule has 4 unspecified atom stereocenters. The summed E-state index contributed by atoms with van der Waals surface area (Å²) in [5.74, 6) is -2.05. The van der Waals surface area contributed by atoms with Crippen LogP contribution in [0.15, 0.2) is 42.5 Å². The fourth-order valence-corrected chi connectivity index (χ4v) is 10.1. The lowest BCUT2D eigenvalue weighted by Gasteiger charge is -2.53. The fourth-order valence-electron chi connectivity index (χ4n) is 10.1. The molecule has 198 valence electrons. The molecule has 0 amide bonds. The van der Waals surface area contributed by atoms with Gasteiger partial charge in [0.2, 0.25) is 5.79 Å². The maximum absolute atomic E-state index is 17.5. The Kier molecular flexibility index (Phi) is 3.96. The summed E-state index contributed by atoms with van der Waals surface area (Å²) in [6.07, 6.45) is 6.70. The summed E-state index contributed by atoms with van der Waals surface area (Å²) in [5, 5.41) is 0. The maximum atomic E-state index is 17.5. The number of benzene rings is 3. The summed E-state index contributed by atoms with van der Waals surface area (Å²) in [6, 6.07) is 15.4. The molecule has 4 atom stereocenters. The molecule has 3 aromatic rings. The molecule has 6 aliphatic rings. The average molecular weight is 520 g/mol. The summed E-state index contributed by atoms with van der Waals surface area (Å²) in [6.45, 7) is 9.20. The summed E-state index contributed by atoms with van der Waals surface area (Å²) in [4.78, 5) is 4.48. The highest BCUT2D eigenvalue weighted by atomic mass is 19.2. The van der Waals surface area contributed by atoms with Crippen molar-refractivity contribution in [3.63, 3.8) is 0 Å². The van der Waals surface area contributed by atoms with Gasteiger partial charge in [-0.3, -0.25) is 0 Å². The van der Waals surface area contributed by atoms with E-state index in [4.69, 9.17) is 0 Å². The molecular formula is C34H35BF2N2. The number of halogens is 2. The van der Waals surface area contributed by atoms with Crippen LogP contribution in [0.2, 0.25) is 0 Å². The van der Waals surface area contributed by atoms with Crippen molar-refractivity contribution in [2.75, 3.05) is 9.80 Å². The summed E-state index contributed by atoms with van der Waals surface area (Å²) in [7, 11) is 0. The Bertz CT molecular complexity index is 1530. The normalized spacial score (nSPS) is 34.4. The van der Waals surface area contributed by atoms with Crippen molar-refractivity contribution in [3.05, 3.63) is 64.7 Å². The highest BCUT2D eigenvalue weighted by Crippen LogP contribution is 2.65. The van der Waals surface area contributed by atoms with Crippen molar-refractivity contribution in [1.29, 1.82) is 0 Å². The Balaban J connectivity index is 1.44. The van der Waals surface area contributed by atoms with Crippen LogP contribution in [0.4, 0.5) is 31.5 Å². The van der Waals surface area contributed by atoms with Crippen molar-refractivity contribution in [3.8, 4) is 0 Å². The van der Waals surface area contributed by atoms with Crippen LogP contribution in [0.3, 0.4) is 0 Å². The molecule has 4 heterocycles. The van der Waals surface area contributed by atoms with E-state index >= 15 is 8.78 Å². The molecule has 4 aliphatic heterocycles. The van der Waals surface area contributed by atoms with E-state index in [1.165, 1.54) is 52.7 Å². The molecule has 3 aromatic carbocycles. The van der Waals surface area contributed by atoms with Gasteiger partial charge >= 0.3 is 0 Å². The van der Waals surface area contributed by atoms with Crippen LogP contribution >= 0.6 is 0 Å². The highest BCUT2D eigenvalue weighted by Gasteiger charge is 2.69. The van der Waals surface area contributed by atoms with Crippen LogP contribution in [0.5, 0.6) is 0 Å². The third kappa shape index (κ3) is 2.25. The van der Waals surface area contributed by atoms with Crippen molar-refractivity contribution in [1.82, 2.24) is 0 Å². The van der Waals surface area contributed by atoms with Gasteiger partial charge in [-0.05, 0) is 87.0 Å². The number of hydrogen-bond acceptors (Lipinski definition) is 2. The first-order valence-electron chi connectivity index (χ1n) is 15.1. The molecule has 5 heteroatoms. The minimum absolute atomic E-state index is 0.0225. The van der Waals surface area contributed by atoms with Gasteiger partial charge in [-0.2, -0.15) is 0 Å². The van der Waals surface area contributed by atoms with Crippen LogP contribution in [-0.4, -0.2) is 18.0 Å². The molecule has 2 aliphatic carbocycles. The second-order valence-electron chi connectivity index (χ2n) is 13.9. The van der Waals surface area contributed by atoms with Crippen LogP contribution in [0.25, 0.3) is 0 Å². The van der Waals surface area contributed by atoms with Gasteiger partial charge in [0.1, 0.15) is 0 Å². The van der Waals surface area contributed by atoms with Gasteiger partial charge in [0.15, 0.2) is 5.67 Å². The standard InChI is InChI=1S/C34H35BF2N2/c1-20-16-22-29-24(18-20)35-25-19-21(2)17-23-30(25)39(34(37)15-8-7-14-33(23,34)36)27-11-9-10-26(28(27)35)38(29)32(4)13-6-5-12-31(22,32)3/h9-11,16-19H,5-8,12-15H2,1-4H3. The van der Waals surface area contributed by atoms with Gasteiger partial charge in [-0.1, -0.05) is 61.2 Å². The number of fused-ring (bicyclic) bond motifs is 10. The van der Waals surface area contributed by atoms with Gasteiger partial charge in [0, 0.05) is 40.1 Å². The summed E-state index contributed by atoms with van der Waals surface area (Å²) in [5.41, 5.74) is 10.2. The lowest BCUT2D eigenvalue weighted by Crippen LogP contribution is -2.66. The quantitative estimate of drug-likeness (QED) is 0.239. The van der Waals surface area contributed by atoms with E-state index in [1.54, 1.807) is 0 Å². The molecular weight excluding hydrogens is 485 g/mol. The number of hydrogen-bond donors (Lipinski definition) is 0. The van der Waals surface area contributed by atoms with E-state index in [0.717, 1.165) is 35.2 Å². The molecule has 0 bridgehead atoms. The zero-order valence-electron chi connectivity index (χ0n) is 23.4. The number of anilines is 4. The lowest BCUT2D eigenvalue weighted by molar-refractivity contribution is -0.0615. The predicted molar refractivity (Wildman–Crippen MR) is 157 cm³/mol. The SMILES string of the molecule is Cc1cc2c3c(c1)C1(C)CCCCC1(C)N3c1cccc3c1B2c1cc(C)cc2c1N3C1(F)CCCCC21F. The number of nitrogens with zero attached hydrogens (tertiary/aromatic N) is 2. The molecule has 9 rings (SSSR count). The molecule has 2 nitrogen and oxygen atoms in total. The molecule has 2 fully saturated rings. The van der Waals surface area contributed by atoms with Crippen molar-refractivity contribution < 1.29 is 8.78 Å². The fraction of sp³-hybridized carbons (Fsp3) is 0.471. The zero-order chi connectivity index (χ0) is 26.7. The molecule has 0 saturated heterocycles. The first-order chi connectivity index (χ1) is 18.6. The van der Waals surface area contributed by atoms with Crippen LogP contribution in [-0.2, 0) is 11.1 Å². The monoisotopic (exact) mass is 520 g/mol. The van der Waals surface area contributed by atoms with Crippen molar-refractivity contribution >= 4 is 45.9 Å². The van der Waals surface area contributed by atoms with E-state index < -0.39 is 11.5 Å². The topological polar surface area (TPSA) is 6.48 Å². The van der Waals surface area contributed by atoms with Crippen LogP contribution < -0.4 is 26.2 Å². The van der Waals surface area contributed by atoms with E-state index in [0.29, 0.717) is 12.0 Å². The van der Waals surface area contributed by atoms with E-state index in [1.807, 2.05) is 11.0 Å². The molecule has 2 saturated carbocycles. The predicted octanol–water partition coefficient (Wildman–Crippen LogP) is 6.74. The Hall–Kier alpha value is -2.82. The Morgan fingerprint density at radius 2 is 1.31 bits per heavy atom. The van der Waals surface area contributed by atoms with Crippen molar-refractivity contribution in [2.24, 2.45) is 0 Å². The number of alkyl halides is 2. The van der Waals surface area contributed by atoms with Gasteiger partial charge in [0.25, 0.3) is 6.71 Å². The Morgan fingerprint density at radius 3 is 2.05 bits per heavy atom. The number of aryl methyl sites for hydroxylation is 2. The highest BCUT2D eigenvalue weighted by molar-refractivity contribution is 7.00. The van der Waals surface area contributed by atoms with Crippen LogP contribution in [0, 0.1) is 13.8 Å². The zero-order valence-corrected chi connectivity index (χ0v) is 23.4. The van der Waals surface area contributed by atoms with Gasteiger partial charge in [-0.15, -0.1) is 0 Å². The second kappa shape index (κ2) is 6.73. The largest absolute Gasteiger partial charge is 0.335 e. The summed E-state index contributed by atoms with van der Waals surface area (Å²) < 4.78 is 34.7. The molecule has 0 aromatic heterocycles. The van der Waals surface area contributed by atoms with Gasteiger partial charge in [0.05, 0.1) is 5.54 Å². The van der Waals surface area contributed by atoms with E-state index in [-0.39, 0.29) is 30.5 Å². The molecule has 0 N–H and O–H groups in total. The van der Waals surface area contributed by atoms with Crippen LogP contribution in [0.1, 0.15) is 87.5 Å². The molecule has 39 heavy (non-hydrogen) atoms. The molecule has 0 radical (unpaired) electrons. The van der Waals surface area contributed by atoms with E-state index in [9.17, 15) is 0 Å². The third-order valence-corrected chi connectivity index (χ3v) is 12.0. The minimum atomic E-state index is -2.05. The Morgan fingerprint density at radius 1 is 0.718 bits per heavy atom. The average Bonchev–Trinajstić information content (AvgIpc) is 3.24. The lowest BCUT2D eigenvalue weighted by atomic mass is 9.33. The second-order valence-corrected chi connectivity index (χ2v) is 13.9. The third-order valence-electron chi connectivity index (χ3n) is 12.0. The molecule has 0 spiro atoms. The van der Waals surface area contributed by atoms with Gasteiger partial charge < -0.3 is 9.80 Å². The maximum Gasteiger partial charge on any atom is 0.252 e. The smallest absolute Gasteiger partial charge is 0.252 e.